The molecule has 1 aliphatic rings. The SMILES string of the molecule is CCOC(=O)CC(Cl)Cc1c2c(cc(F)c1-n1c(=O)cc(C(F)(F)F)n(C)c1=O)OCC(=O)N2C. The van der Waals surface area contributed by atoms with Crippen LogP contribution >= 0.6 is 11.6 Å². The van der Waals surface area contributed by atoms with Gasteiger partial charge in [0.25, 0.3) is 11.5 Å². The molecule has 190 valence electrons. The first-order valence-electron chi connectivity index (χ1n) is 10.2. The molecule has 3 rings (SSSR count). The number of rotatable bonds is 6. The lowest BCUT2D eigenvalue weighted by atomic mass is 10.00. The molecule has 0 spiro atoms. The zero-order valence-electron chi connectivity index (χ0n) is 18.7. The van der Waals surface area contributed by atoms with Crippen LogP contribution in [0.1, 0.15) is 24.6 Å². The molecular formula is C21H20ClF4N3O6. The molecule has 1 aromatic carbocycles. The van der Waals surface area contributed by atoms with Gasteiger partial charge in [-0.25, -0.2) is 13.8 Å². The number of likely N-dealkylation sites (N-methyl/N-ethyl adjacent to an activating group) is 1. The van der Waals surface area contributed by atoms with Crippen LogP contribution in [-0.2, 0) is 34.0 Å². The summed E-state index contributed by atoms with van der Waals surface area (Å²) in [5, 5.41) is -1.06. The molecule has 1 atom stereocenters. The Bertz CT molecular complexity index is 1300. The molecule has 35 heavy (non-hydrogen) atoms. The van der Waals surface area contributed by atoms with Crippen molar-refractivity contribution in [1.82, 2.24) is 9.13 Å². The van der Waals surface area contributed by atoms with Crippen molar-refractivity contribution in [2.75, 3.05) is 25.2 Å². The molecule has 14 heteroatoms. The number of hydrogen-bond acceptors (Lipinski definition) is 6. The first-order valence-corrected chi connectivity index (χ1v) is 10.7. The number of aromatic nitrogens is 2. The summed E-state index contributed by atoms with van der Waals surface area (Å²) in [6, 6.07) is 0.974. The van der Waals surface area contributed by atoms with Crippen LogP contribution in [0.15, 0.2) is 21.7 Å². The summed E-state index contributed by atoms with van der Waals surface area (Å²) in [4.78, 5) is 50.8. The molecule has 0 radical (unpaired) electrons. The number of esters is 1. The van der Waals surface area contributed by atoms with Gasteiger partial charge in [-0.05, 0) is 13.3 Å². The number of ether oxygens (including phenoxy) is 2. The number of carbonyl (C=O) groups excluding carboxylic acids is 2. The van der Waals surface area contributed by atoms with Crippen LogP contribution in [0.4, 0.5) is 23.2 Å². The number of benzene rings is 1. The Labute approximate surface area is 200 Å². The van der Waals surface area contributed by atoms with E-state index in [1.807, 2.05) is 0 Å². The average Bonchev–Trinajstić information content (AvgIpc) is 2.74. The van der Waals surface area contributed by atoms with Crippen molar-refractivity contribution >= 4 is 29.2 Å². The Morgan fingerprint density at radius 3 is 2.46 bits per heavy atom. The molecule has 1 amide bonds. The van der Waals surface area contributed by atoms with Gasteiger partial charge in [-0.3, -0.25) is 19.0 Å². The van der Waals surface area contributed by atoms with E-state index in [1.54, 1.807) is 6.92 Å². The first-order chi connectivity index (χ1) is 16.3. The smallest absolute Gasteiger partial charge is 0.431 e. The van der Waals surface area contributed by atoms with E-state index in [0.717, 1.165) is 18.0 Å². The Hall–Kier alpha value is -3.35. The van der Waals surface area contributed by atoms with Gasteiger partial charge in [0.2, 0.25) is 0 Å². The van der Waals surface area contributed by atoms with E-state index in [0.29, 0.717) is 0 Å². The highest BCUT2D eigenvalue weighted by atomic mass is 35.5. The number of amides is 1. The fraction of sp³-hybridized carbons (Fsp3) is 0.429. The van der Waals surface area contributed by atoms with Gasteiger partial charge >= 0.3 is 17.8 Å². The van der Waals surface area contributed by atoms with Crippen LogP contribution in [0.25, 0.3) is 5.69 Å². The zero-order valence-corrected chi connectivity index (χ0v) is 19.5. The molecule has 0 fully saturated rings. The molecule has 2 aromatic rings. The van der Waals surface area contributed by atoms with E-state index in [9.17, 15) is 32.3 Å². The van der Waals surface area contributed by atoms with Crippen LogP contribution in [0, 0.1) is 5.82 Å². The van der Waals surface area contributed by atoms with Gasteiger partial charge in [0.15, 0.2) is 12.4 Å². The monoisotopic (exact) mass is 521 g/mol. The average molecular weight is 522 g/mol. The van der Waals surface area contributed by atoms with Gasteiger partial charge in [-0.2, -0.15) is 13.2 Å². The third-order valence-corrected chi connectivity index (χ3v) is 5.61. The van der Waals surface area contributed by atoms with Crippen molar-refractivity contribution in [3.8, 4) is 11.4 Å². The second-order valence-electron chi connectivity index (χ2n) is 7.63. The van der Waals surface area contributed by atoms with Crippen molar-refractivity contribution in [2.24, 2.45) is 7.05 Å². The normalized spacial score (nSPS) is 14.4. The van der Waals surface area contributed by atoms with Crippen molar-refractivity contribution in [3.63, 3.8) is 0 Å². The minimum Gasteiger partial charge on any atom is -0.481 e. The van der Waals surface area contributed by atoms with Crippen molar-refractivity contribution < 1.29 is 36.6 Å². The van der Waals surface area contributed by atoms with Crippen LogP contribution < -0.4 is 20.9 Å². The van der Waals surface area contributed by atoms with Gasteiger partial charge in [-0.15, -0.1) is 11.6 Å². The van der Waals surface area contributed by atoms with Crippen LogP contribution in [0.5, 0.6) is 5.75 Å². The highest BCUT2D eigenvalue weighted by Gasteiger charge is 2.37. The Morgan fingerprint density at radius 1 is 1.20 bits per heavy atom. The van der Waals surface area contributed by atoms with Gasteiger partial charge in [0, 0.05) is 37.2 Å². The van der Waals surface area contributed by atoms with Crippen LogP contribution in [0.2, 0.25) is 0 Å². The highest BCUT2D eigenvalue weighted by molar-refractivity contribution is 6.21. The number of alkyl halides is 4. The van der Waals surface area contributed by atoms with E-state index in [2.05, 4.69) is 0 Å². The Kier molecular flexibility index (Phi) is 7.29. The maximum atomic E-state index is 15.4. The number of halogens is 5. The molecule has 1 aromatic heterocycles. The summed E-state index contributed by atoms with van der Waals surface area (Å²) in [6.45, 7) is 1.23. The molecular weight excluding hydrogens is 502 g/mol. The fourth-order valence-electron chi connectivity index (χ4n) is 3.73. The highest BCUT2D eigenvalue weighted by Crippen LogP contribution is 2.40. The maximum Gasteiger partial charge on any atom is 0.431 e. The van der Waals surface area contributed by atoms with E-state index >= 15 is 4.39 Å². The van der Waals surface area contributed by atoms with E-state index < -0.39 is 58.5 Å². The summed E-state index contributed by atoms with van der Waals surface area (Å²) in [7, 11) is 2.11. The molecule has 9 nitrogen and oxygen atoms in total. The number of carbonyl (C=O) groups is 2. The third-order valence-electron chi connectivity index (χ3n) is 5.30. The molecule has 1 unspecified atom stereocenters. The lowest BCUT2D eigenvalue weighted by molar-refractivity contribution is -0.144. The van der Waals surface area contributed by atoms with Gasteiger partial charge in [0.05, 0.1) is 24.4 Å². The fourth-order valence-corrected chi connectivity index (χ4v) is 4.01. The predicted molar refractivity (Wildman–Crippen MR) is 116 cm³/mol. The topological polar surface area (TPSA) is 99.8 Å². The minimum atomic E-state index is -5.02. The second-order valence-corrected chi connectivity index (χ2v) is 8.24. The molecule has 0 saturated heterocycles. The predicted octanol–water partition coefficient (Wildman–Crippen LogP) is 2.15. The largest absolute Gasteiger partial charge is 0.481 e. The molecule has 1 aliphatic heterocycles. The molecule has 0 bridgehead atoms. The number of fused-ring (bicyclic) bond motifs is 1. The lowest BCUT2D eigenvalue weighted by Crippen LogP contribution is -2.42. The third kappa shape index (κ3) is 5.04. The molecule has 0 aliphatic carbocycles. The van der Waals surface area contributed by atoms with E-state index in [-0.39, 0.29) is 51.6 Å². The number of anilines is 1. The van der Waals surface area contributed by atoms with Crippen molar-refractivity contribution in [1.29, 1.82) is 0 Å². The summed E-state index contributed by atoms with van der Waals surface area (Å²) in [5.74, 6) is -2.52. The Balaban J connectivity index is 2.31. The lowest BCUT2D eigenvalue weighted by Gasteiger charge is -2.30. The van der Waals surface area contributed by atoms with Crippen LogP contribution in [0.3, 0.4) is 0 Å². The second kappa shape index (κ2) is 9.72. The maximum absolute atomic E-state index is 15.4. The summed E-state index contributed by atoms with van der Waals surface area (Å²) in [6.07, 6.45) is -5.74. The molecule has 0 N–H and O–H groups in total. The standard InChI is InChI=1S/C21H20ClF4N3O6/c1-4-34-17(32)6-10(22)5-11-18(12(23)7-13-19(11)28(3)16(31)9-35-13)29-15(30)8-14(21(24,25)26)27(2)20(29)33/h7-8,10H,4-6,9H2,1-3H3. The van der Waals surface area contributed by atoms with Crippen molar-refractivity contribution in [2.45, 2.75) is 31.3 Å². The first kappa shape index (κ1) is 26.3. The van der Waals surface area contributed by atoms with Gasteiger partial charge in [0.1, 0.15) is 11.4 Å². The number of nitrogens with zero attached hydrogens (tertiary/aromatic N) is 3. The van der Waals surface area contributed by atoms with E-state index in [4.69, 9.17) is 21.1 Å². The summed E-state index contributed by atoms with van der Waals surface area (Å²) >= 11 is 6.29. The zero-order chi connectivity index (χ0) is 26.2. The minimum absolute atomic E-state index is 0.0407. The van der Waals surface area contributed by atoms with Crippen LogP contribution in [-0.4, -0.2) is 46.6 Å². The van der Waals surface area contributed by atoms with E-state index in [1.165, 1.54) is 7.05 Å². The van der Waals surface area contributed by atoms with Crippen molar-refractivity contribution in [3.05, 3.63) is 50.0 Å². The molecule has 2 heterocycles. The quantitative estimate of drug-likeness (QED) is 0.328. The summed E-state index contributed by atoms with van der Waals surface area (Å²) < 4.78 is 65.7. The van der Waals surface area contributed by atoms with Gasteiger partial charge in [-0.1, -0.05) is 0 Å². The summed E-state index contributed by atoms with van der Waals surface area (Å²) in [5.41, 5.74) is -5.39. The molecule has 0 saturated carbocycles. The van der Waals surface area contributed by atoms with Gasteiger partial charge < -0.3 is 14.4 Å². The number of hydrogen-bond donors (Lipinski definition) is 0. The Morgan fingerprint density at radius 2 is 1.86 bits per heavy atom.